The maximum Gasteiger partial charge on any atom is 0.191 e. The average Bonchev–Trinajstić information content (AvgIpc) is 2.67. The second kappa shape index (κ2) is 10.7. The van der Waals surface area contributed by atoms with E-state index >= 15 is 0 Å². The maximum atomic E-state index is 5.29. The van der Waals surface area contributed by atoms with Crippen LogP contribution in [0.1, 0.15) is 50.7 Å². The highest BCUT2D eigenvalue weighted by molar-refractivity contribution is 7.80. The molecule has 0 aliphatic heterocycles. The van der Waals surface area contributed by atoms with Gasteiger partial charge in [0.05, 0.1) is 6.21 Å². The molecule has 0 aliphatic carbocycles. The molecule has 0 fully saturated rings. The molecular formula is C22H30N4S. The molecule has 27 heavy (non-hydrogen) atoms. The molecule has 0 aliphatic rings. The van der Waals surface area contributed by atoms with Crippen LogP contribution in [0.4, 0.5) is 11.4 Å². The smallest absolute Gasteiger partial charge is 0.191 e. The maximum absolute atomic E-state index is 5.29. The van der Waals surface area contributed by atoms with Gasteiger partial charge in [-0.15, -0.1) is 0 Å². The first-order valence-corrected chi connectivity index (χ1v) is 9.91. The van der Waals surface area contributed by atoms with E-state index in [2.05, 4.69) is 85.0 Å². The van der Waals surface area contributed by atoms with Crippen molar-refractivity contribution >= 4 is 34.9 Å². The summed E-state index contributed by atoms with van der Waals surface area (Å²) in [5.41, 5.74) is 7.36. The summed E-state index contributed by atoms with van der Waals surface area (Å²) < 4.78 is 0. The molecule has 2 rings (SSSR count). The Kier molecular flexibility index (Phi) is 8.27. The number of hydrogen-bond donors (Lipinski definition) is 2. The highest BCUT2D eigenvalue weighted by Gasteiger charge is 2.01. The lowest BCUT2D eigenvalue weighted by Gasteiger charge is -2.18. The number of hydrazone groups is 1. The predicted molar refractivity (Wildman–Crippen MR) is 122 cm³/mol. The molecule has 0 saturated carbocycles. The average molecular weight is 383 g/mol. The Morgan fingerprint density at radius 2 is 1.78 bits per heavy atom. The summed E-state index contributed by atoms with van der Waals surface area (Å²) in [6.07, 6.45) is 4.18. The molecule has 2 N–H and O–H groups in total. The highest BCUT2D eigenvalue weighted by Crippen LogP contribution is 2.17. The molecular weight excluding hydrogens is 352 g/mol. The first-order chi connectivity index (χ1) is 13.0. The highest BCUT2D eigenvalue weighted by atomic mass is 32.1. The van der Waals surface area contributed by atoms with Crippen molar-refractivity contribution in [3.05, 3.63) is 59.7 Å². The second-order valence-electron chi connectivity index (χ2n) is 6.97. The number of benzene rings is 2. The van der Waals surface area contributed by atoms with Crippen LogP contribution in [-0.2, 0) is 0 Å². The van der Waals surface area contributed by atoms with Crippen LogP contribution < -0.4 is 15.6 Å². The topological polar surface area (TPSA) is 39.7 Å². The standard InChI is InChI=1S/C22H30N4S/c1-5-6-15-26(4)21-13-7-18(8-14-21)16-23-25-22(27)24-20-11-9-19(10-12-20)17(2)3/h7-14,16-17H,5-6,15H2,1-4H3,(H2,24,25,27)/b23-16+. The van der Waals surface area contributed by atoms with E-state index in [1.807, 2.05) is 12.1 Å². The Bertz CT molecular complexity index is 736. The van der Waals surface area contributed by atoms with Gasteiger partial charge in [0.25, 0.3) is 0 Å². The van der Waals surface area contributed by atoms with Crippen LogP contribution >= 0.6 is 12.2 Å². The number of anilines is 2. The zero-order valence-corrected chi connectivity index (χ0v) is 17.5. The van der Waals surface area contributed by atoms with Crippen molar-refractivity contribution < 1.29 is 0 Å². The van der Waals surface area contributed by atoms with Crippen LogP contribution in [0.15, 0.2) is 53.6 Å². The van der Waals surface area contributed by atoms with E-state index in [0.29, 0.717) is 11.0 Å². The molecule has 0 unspecified atom stereocenters. The summed E-state index contributed by atoms with van der Waals surface area (Å²) in [6.45, 7) is 7.64. The SMILES string of the molecule is CCCCN(C)c1ccc(/C=N/NC(=S)Nc2ccc(C(C)C)cc2)cc1. The van der Waals surface area contributed by atoms with Gasteiger partial charge >= 0.3 is 0 Å². The van der Waals surface area contributed by atoms with Gasteiger partial charge in [0.15, 0.2) is 5.11 Å². The Balaban J connectivity index is 1.82. The molecule has 2 aromatic carbocycles. The fourth-order valence-electron chi connectivity index (χ4n) is 2.62. The van der Waals surface area contributed by atoms with E-state index in [4.69, 9.17) is 12.2 Å². The number of nitrogens with one attached hydrogen (secondary N) is 2. The van der Waals surface area contributed by atoms with Crippen molar-refractivity contribution in [3.8, 4) is 0 Å². The number of thiocarbonyl (C=S) groups is 1. The van der Waals surface area contributed by atoms with E-state index < -0.39 is 0 Å². The van der Waals surface area contributed by atoms with Crippen molar-refractivity contribution in [2.75, 3.05) is 23.8 Å². The van der Waals surface area contributed by atoms with Crippen molar-refractivity contribution in [1.29, 1.82) is 0 Å². The molecule has 0 aromatic heterocycles. The Morgan fingerprint density at radius 1 is 1.11 bits per heavy atom. The largest absolute Gasteiger partial charge is 0.375 e. The fourth-order valence-corrected chi connectivity index (χ4v) is 2.79. The van der Waals surface area contributed by atoms with Gasteiger partial charge in [0.2, 0.25) is 0 Å². The minimum absolute atomic E-state index is 0.472. The van der Waals surface area contributed by atoms with Gasteiger partial charge in [-0.1, -0.05) is 51.5 Å². The van der Waals surface area contributed by atoms with Crippen LogP contribution in [0.5, 0.6) is 0 Å². The summed E-state index contributed by atoms with van der Waals surface area (Å²) in [5.74, 6) is 0.520. The van der Waals surface area contributed by atoms with Crippen LogP contribution in [0.25, 0.3) is 0 Å². The van der Waals surface area contributed by atoms with E-state index in [1.54, 1.807) is 6.21 Å². The number of unbranched alkanes of at least 4 members (excludes halogenated alkanes) is 1. The lowest BCUT2D eigenvalue weighted by Crippen LogP contribution is -2.23. The summed E-state index contributed by atoms with van der Waals surface area (Å²) in [7, 11) is 2.12. The predicted octanol–water partition coefficient (Wildman–Crippen LogP) is 5.37. The third-order valence-electron chi connectivity index (χ3n) is 4.40. The zero-order valence-electron chi connectivity index (χ0n) is 16.7. The van der Waals surface area contributed by atoms with Gasteiger partial charge in [-0.05, 0) is 59.9 Å². The molecule has 0 amide bonds. The lowest BCUT2D eigenvalue weighted by molar-refractivity contribution is 0.767. The molecule has 0 heterocycles. The molecule has 0 bridgehead atoms. The Labute approximate surface area is 168 Å². The van der Waals surface area contributed by atoms with Crippen molar-refractivity contribution in [1.82, 2.24) is 5.43 Å². The molecule has 2 aromatic rings. The van der Waals surface area contributed by atoms with Crippen LogP contribution in [0.3, 0.4) is 0 Å². The molecule has 0 spiro atoms. The zero-order chi connectivity index (χ0) is 19.6. The first-order valence-electron chi connectivity index (χ1n) is 9.50. The summed E-state index contributed by atoms with van der Waals surface area (Å²) >= 11 is 5.29. The van der Waals surface area contributed by atoms with Gasteiger partial charge in [-0.3, -0.25) is 5.43 Å². The third kappa shape index (κ3) is 7.02. The first kappa shape index (κ1) is 20.9. The molecule has 5 heteroatoms. The van der Waals surface area contributed by atoms with Crippen molar-refractivity contribution in [3.63, 3.8) is 0 Å². The quantitative estimate of drug-likeness (QED) is 0.366. The molecule has 0 atom stereocenters. The van der Waals surface area contributed by atoms with E-state index in [-0.39, 0.29) is 0 Å². The lowest BCUT2D eigenvalue weighted by atomic mass is 10.0. The summed E-state index contributed by atoms with van der Waals surface area (Å²) in [5, 5.41) is 7.82. The normalized spacial score (nSPS) is 11.0. The minimum atomic E-state index is 0.472. The van der Waals surface area contributed by atoms with Crippen LogP contribution in [0, 0.1) is 0 Å². The van der Waals surface area contributed by atoms with E-state index in [0.717, 1.165) is 17.8 Å². The van der Waals surface area contributed by atoms with Gasteiger partial charge in [0.1, 0.15) is 0 Å². The molecule has 144 valence electrons. The van der Waals surface area contributed by atoms with Crippen molar-refractivity contribution in [2.24, 2.45) is 5.10 Å². The van der Waals surface area contributed by atoms with Gasteiger partial charge in [-0.25, -0.2) is 0 Å². The van der Waals surface area contributed by atoms with Gasteiger partial charge in [0, 0.05) is 25.0 Å². The molecule has 0 saturated heterocycles. The van der Waals surface area contributed by atoms with Crippen LogP contribution in [-0.4, -0.2) is 24.9 Å². The Hall–Kier alpha value is -2.40. The second-order valence-corrected chi connectivity index (χ2v) is 7.38. The fraction of sp³-hybridized carbons (Fsp3) is 0.364. The molecule has 0 radical (unpaired) electrons. The van der Waals surface area contributed by atoms with Gasteiger partial charge < -0.3 is 10.2 Å². The van der Waals surface area contributed by atoms with E-state index in [9.17, 15) is 0 Å². The van der Waals surface area contributed by atoms with Crippen LogP contribution in [0.2, 0.25) is 0 Å². The summed E-state index contributed by atoms with van der Waals surface area (Å²) in [4.78, 5) is 2.27. The Morgan fingerprint density at radius 3 is 2.37 bits per heavy atom. The monoisotopic (exact) mass is 382 g/mol. The number of hydrogen-bond acceptors (Lipinski definition) is 3. The third-order valence-corrected chi connectivity index (χ3v) is 4.59. The van der Waals surface area contributed by atoms with Gasteiger partial charge in [-0.2, -0.15) is 5.10 Å². The number of rotatable bonds is 8. The van der Waals surface area contributed by atoms with Crippen molar-refractivity contribution in [2.45, 2.75) is 39.5 Å². The number of nitrogens with zero attached hydrogens (tertiary/aromatic N) is 2. The van der Waals surface area contributed by atoms with E-state index in [1.165, 1.54) is 24.1 Å². The molecule has 4 nitrogen and oxygen atoms in total. The summed E-state index contributed by atoms with van der Waals surface area (Å²) in [6, 6.07) is 16.6. The minimum Gasteiger partial charge on any atom is -0.375 e.